The highest BCUT2D eigenvalue weighted by molar-refractivity contribution is 5.03. The summed E-state index contributed by atoms with van der Waals surface area (Å²) >= 11 is 0. The predicted molar refractivity (Wildman–Crippen MR) is 57.2 cm³/mol. The number of rotatable bonds is 3. The molecule has 3 heteroatoms. The van der Waals surface area contributed by atoms with Crippen LogP contribution in [0.4, 0.5) is 0 Å². The zero-order chi connectivity index (χ0) is 9.80. The van der Waals surface area contributed by atoms with Crippen LogP contribution in [-0.2, 0) is 13.0 Å². The summed E-state index contributed by atoms with van der Waals surface area (Å²) in [5.74, 6) is 0. The first-order valence-electron chi connectivity index (χ1n) is 5.63. The average molecular weight is 193 g/mol. The minimum atomic E-state index is 0.633. The van der Waals surface area contributed by atoms with Crippen LogP contribution in [0.1, 0.15) is 31.7 Å². The molecule has 0 aliphatic carbocycles. The summed E-state index contributed by atoms with van der Waals surface area (Å²) in [6.45, 7) is 4.37. The first kappa shape index (κ1) is 9.71. The van der Waals surface area contributed by atoms with Gasteiger partial charge in [-0.2, -0.15) is 5.10 Å². The molecule has 3 nitrogen and oxygen atoms in total. The van der Waals surface area contributed by atoms with Gasteiger partial charge in [-0.05, 0) is 31.4 Å². The maximum absolute atomic E-state index is 4.36. The molecular weight excluding hydrogens is 174 g/mol. The van der Waals surface area contributed by atoms with Gasteiger partial charge in [-0.3, -0.25) is 4.68 Å². The van der Waals surface area contributed by atoms with E-state index in [2.05, 4.69) is 28.2 Å². The third-order valence-electron chi connectivity index (χ3n) is 2.91. The molecule has 1 aromatic rings. The van der Waals surface area contributed by atoms with Crippen molar-refractivity contribution in [2.75, 3.05) is 6.54 Å². The van der Waals surface area contributed by atoms with E-state index in [0.29, 0.717) is 6.04 Å². The van der Waals surface area contributed by atoms with Gasteiger partial charge >= 0.3 is 0 Å². The summed E-state index contributed by atoms with van der Waals surface area (Å²) in [6.07, 6.45) is 9.20. The SMILES string of the molecule is CCc1cnn(CC2CCCCN2)c1. The molecule has 0 radical (unpaired) electrons. The molecule has 1 atom stereocenters. The van der Waals surface area contributed by atoms with Gasteiger partial charge in [0.15, 0.2) is 0 Å². The summed E-state index contributed by atoms with van der Waals surface area (Å²) in [7, 11) is 0. The maximum Gasteiger partial charge on any atom is 0.0562 e. The fourth-order valence-corrected chi connectivity index (χ4v) is 1.99. The lowest BCUT2D eigenvalue weighted by Crippen LogP contribution is -2.37. The molecule has 0 saturated carbocycles. The van der Waals surface area contributed by atoms with Gasteiger partial charge in [0.05, 0.1) is 12.7 Å². The van der Waals surface area contributed by atoms with Gasteiger partial charge in [0.2, 0.25) is 0 Å². The van der Waals surface area contributed by atoms with Crippen molar-refractivity contribution in [1.29, 1.82) is 0 Å². The Morgan fingerprint density at radius 3 is 3.14 bits per heavy atom. The maximum atomic E-state index is 4.36. The third-order valence-corrected chi connectivity index (χ3v) is 2.91. The van der Waals surface area contributed by atoms with Crippen LogP contribution < -0.4 is 5.32 Å². The minimum absolute atomic E-state index is 0.633. The predicted octanol–water partition coefficient (Wildman–Crippen LogP) is 1.59. The van der Waals surface area contributed by atoms with E-state index in [1.165, 1.54) is 31.4 Å². The van der Waals surface area contributed by atoms with E-state index < -0.39 is 0 Å². The fourth-order valence-electron chi connectivity index (χ4n) is 1.99. The number of piperidine rings is 1. The number of hydrogen-bond acceptors (Lipinski definition) is 2. The Labute approximate surface area is 85.5 Å². The summed E-state index contributed by atoms with van der Waals surface area (Å²) in [5, 5.41) is 7.89. The summed E-state index contributed by atoms with van der Waals surface area (Å²) in [5.41, 5.74) is 1.33. The largest absolute Gasteiger partial charge is 0.312 e. The number of nitrogens with one attached hydrogen (secondary N) is 1. The molecule has 0 spiro atoms. The molecule has 0 bridgehead atoms. The second-order valence-corrected chi connectivity index (χ2v) is 4.07. The van der Waals surface area contributed by atoms with Gasteiger partial charge in [-0.15, -0.1) is 0 Å². The Morgan fingerprint density at radius 1 is 1.57 bits per heavy atom. The summed E-state index contributed by atoms with van der Waals surface area (Å²) < 4.78 is 2.07. The first-order valence-corrected chi connectivity index (χ1v) is 5.63. The van der Waals surface area contributed by atoms with Crippen molar-refractivity contribution >= 4 is 0 Å². The van der Waals surface area contributed by atoms with E-state index in [1.807, 2.05) is 6.20 Å². The highest BCUT2D eigenvalue weighted by Crippen LogP contribution is 2.09. The van der Waals surface area contributed by atoms with E-state index >= 15 is 0 Å². The molecule has 1 aliphatic rings. The number of aromatic nitrogens is 2. The molecule has 1 aliphatic heterocycles. The van der Waals surface area contributed by atoms with Gasteiger partial charge in [-0.25, -0.2) is 0 Å². The summed E-state index contributed by atoms with van der Waals surface area (Å²) in [4.78, 5) is 0. The molecule has 1 fully saturated rings. The number of hydrogen-bond donors (Lipinski definition) is 1. The molecule has 1 unspecified atom stereocenters. The Hall–Kier alpha value is -0.830. The van der Waals surface area contributed by atoms with Gasteiger partial charge in [0.25, 0.3) is 0 Å². The van der Waals surface area contributed by atoms with Crippen molar-refractivity contribution in [2.45, 2.75) is 45.2 Å². The van der Waals surface area contributed by atoms with Crippen molar-refractivity contribution in [3.05, 3.63) is 18.0 Å². The Balaban J connectivity index is 1.89. The first-order chi connectivity index (χ1) is 6.88. The van der Waals surface area contributed by atoms with Crippen LogP contribution in [-0.4, -0.2) is 22.4 Å². The van der Waals surface area contributed by atoms with Crippen molar-refractivity contribution in [3.8, 4) is 0 Å². The van der Waals surface area contributed by atoms with Crippen LogP contribution in [0.25, 0.3) is 0 Å². The molecule has 14 heavy (non-hydrogen) atoms. The van der Waals surface area contributed by atoms with Crippen molar-refractivity contribution < 1.29 is 0 Å². The second kappa shape index (κ2) is 4.60. The lowest BCUT2D eigenvalue weighted by Gasteiger charge is -2.23. The Kier molecular flexibility index (Phi) is 3.19. The molecule has 1 saturated heterocycles. The van der Waals surface area contributed by atoms with Gasteiger partial charge < -0.3 is 5.32 Å². The number of aryl methyl sites for hydroxylation is 1. The minimum Gasteiger partial charge on any atom is -0.312 e. The van der Waals surface area contributed by atoms with Gasteiger partial charge in [0, 0.05) is 12.2 Å². The van der Waals surface area contributed by atoms with Crippen LogP contribution in [0.2, 0.25) is 0 Å². The fraction of sp³-hybridized carbons (Fsp3) is 0.727. The summed E-state index contributed by atoms with van der Waals surface area (Å²) in [6, 6.07) is 0.633. The Morgan fingerprint density at radius 2 is 2.50 bits per heavy atom. The monoisotopic (exact) mass is 193 g/mol. The van der Waals surface area contributed by atoms with E-state index in [4.69, 9.17) is 0 Å². The normalized spacial score (nSPS) is 22.5. The quantitative estimate of drug-likeness (QED) is 0.790. The molecular formula is C11H19N3. The lowest BCUT2D eigenvalue weighted by molar-refractivity contribution is 0.351. The van der Waals surface area contributed by atoms with Crippen molar-refractivity contribution in [3.63, 3.8) is 0 Å². The van der Waals surface area contributed by atoms with E-state index in [0.717, 1.165) is 13.0 Å². The molecule has 1 aromatic heterocycles. The van der Waals surface area contributed by atoms with Crippen LogP contribution in [0.15, 0.2) is 12.4 Å². The molecule has 2 rings (SSSR count). The van der Waals surface area contributed by atoms with Crippen LogP contribution in [0.5, 0.6) is 0 Å². The molecule has 0 aromatic carbocycles. The highest BCUT2D eigenvalue weighted by atomic mass is 15.3. The number of nitrogens with zero attached hydrogens (tertiary/aromatic N) is 2. The molecule has 1 N–H and O–H groups in total. The van der Waals surface area contributed by atoms with Gasteiger partial charge in [0.1, 0.15) is 0 Å². The zero-order valence-electron chi connectivity index (χ0n) is 8.87. The van der Waals surface area contributed by atoms with E-state index in [9.17, 15) is 0 Å². The zero-order valence-corrected chi connectivity index (χ0v) is 8.87. The molecule has 0 amide bonds. The smallest absolute Gasteiger partial charge is 0.0562 e. The topological polar surface area (TPSA) is 29.9 Å². The Bertz CT molecular complexity index is 274. The van der Waals surface area contributed by atoms with Crippen LogP contribution >= 0.6 is 0 Å². The standard InChI is InChI=1S/C11H19N3/c1-2-10-7-13-14(8-10)9-11-5-3-4-6-12-11/h7-8,11-12H,2-6,9H2,1H3. The van der Waals surface area contributed by atoms with E-state index in [-0.39, 0.29) is 0 Å². The third kappa shape index (κ3) is 2.35. The van der Waals surface area contributed by atoms with Gasteiger partial charge in [-0.1, -0.05) is 13.3 Å². The second-order valence-electron chi connectivity index (χ2n) is 4.07. The van der Waals surface area contributed by atoms with E-state index in [1.54, 1.807) is 0 Å². The highest BCUT2D eigenvalue weighted by Gasteiger charge is 2.12. The average Bonchev–Trinajstić information content (AvgIpc) is 2.67. The van der Waals surface area contributed by atoms with Crippen LogP contribution in [0, 0.1) is 0 Å². The molecule has 2 heterocycles. The van der Waals surface area contributed by atoms with Crippen molar-refractivity contribution in [1.82, 2.24) is 15.1 Å². The van der Waals surface area contributed by atoms with Crippen molar-refractivity contribution in [2.24, 2.45) is 0 Å². The lowest BCUT2D eigenvalue weighted by atomic mass is 10.1. The van der Waals surface area contributed by atoms with Crippen LogP contribution in [0.3, 0.4) is 0 Å². The molecule has 78 valence electrons.